The molecule has 0 aliphatic carbocycles. The fourth-order valence-corrected chi connectivity index (χ4v) is 6.03. The second kappa shape index (κ2) is 11.7. The summed E-state index contributed by atoms with van der Waals surface area (Å²) in [5.74, 6) is -0.419. The Morgan fingerprint density at radius 3 is 2.03 bits per heavy atom. The number of anilines is 3. The van der Waals surface area contributed by atoms with Crippen LogP contribution in [0.2, 0.25) is 10.0 Å². The van der Waals surface area contributed by atoms with Crippen molar-refractivity contribution in [2.24, 2.45) is 0 Å². The minimum Gasteiger partial charge on any atom is -0.322 e. The summed E-state index contributed by atoms with van der Waals surface area (Å²) in [6.07, 6.45) is 1.07. The van der Waals surface area contributed by atoms with E-state index < -0.39 is 26.0 Å². The largest absolute Gasteiger partial charge is 0.322 e. The molecule has 0 saturated heterocycles. The lowest BCUT2D eigenvalue weighted by molar-refractivity contribution is 0.102. The second-order valence-corrected chi connectivity index (χ2v) is 12.9. The quantitative estimate of drug-likeness (QED) is 0.243. The normalized spacial score (nSPS) is 11.6. The summed E-state index contributed by atoms with van der Waals surface area (Å²) in [6.45, 7) is -0.0201. The van der Waals surface area contributed by atoms with Crippen LogP contribution in [0.15, 0.2) is 102 Å². The van der Waals surface area contributed by atoms with Gasteiger partial charge in [-0.3, -0.25) is 13.8 Å². The molecule has 39 heavy (non-hydrogen) atoms. The highest BCUT2D eigenvalue weighted by molar-refractivity contribution is 7.92. The summed E-state index contributed by atoms with van der Waals surface area (Å²) in [5.41, 5.74) is 2.04. The predicted octanol–water partition coefficient (Wildman–Crippen LogP) is 6.01. The van der Waals surface area contributed by atoms with Crippen LogP contribution in [-0.4, -0.2) is 29.0 Å². The zero-order valence-corrected chi connectivity index (χ0v) is 23.7. The predicted molar refractivity (Wildman–Crippen MR) is 156 cm³/mol. The van der Waals surface area contributed by atoms with E-state index in [2.05, 4.69) is 10.0 Å². The Kier molecular flexibility index (Phi) is 8.51. The first kappa shape index (κ1) is 28.4. The van der Waals surface area contributed by atoms with Crippen molar-refractivity contribution < 1.29 is 21.6 Å². The standard InChI is InChI=1S/C27H23Cl2N3O5S2/c1-38(34,35)32(25-9-5-8-24(28)26(25)29)18-19-10-12-20(13-11-19)27(33)30-21-14-16-23(17-15-21)39(36,37)31-22-6-3-2-4-7-22/h2-17,31H,18H2,1H3,(H,30,33). The van der Waals surface area contributed by atoms with Crippen LogP contribution in [0.25, 0.3) is 0 Å². The van der Waals surface area contributed by atoms with Crippen LogP contribution in [0, 0.1) is 0 Å². The van der Waals surface area contributed by atoms with Crippen molar-refractivity contribution in [2.75, 3.05) is 20.6 Å². The maximum absolute atomic E-state index is 12.8. The molecule has 4 aromatic rings. The molecule has 4 rings (SSSR count). The van der Waals surface area contributed by atoms with Gasteiger partial charge in [-0.2, -0.15) is 0 Å². The molecule has 0 spiro atoms. The van der Waals surface area contributed by atoms with Crippen LogP contribution in [0.3, 0.4) is 0 Å². The summed E-state index contributed by atoms with van der Waals surface area (Å²) in [7, 11) is -7.48. The third-order valence-electron chi connectivity index (χ3n) is 5.59. The van der Waals surface area contributed by atoms with E-state index in [1.54, 1.807) is 72.8 Å². The zero-order chi connectivity index (χ0) is 28.2. The maximum atomic E-state index is 12.8. The molecule has 0 aromatic heterocycles. The van der Waals surface area contributed by atoms with Gasteiger partial charge in [0.2, 0.25) is 10.0 Å². The lowest BCUT2D eigenvalue weighted by Crippen LogP contribution is -2.29. The minimum atomic E-state index is -3.79. The number of halogens is 2. The van der Waals surface area contributed by atoms with Gasteiger partial charge in [-0.25, -0.2) is 16.8 Å². The van der Waals surface area contributed by atoms with E-state index in [0.717, 1.165) is 10.6 Å². The second-order valence-electron chi connectivity index (χ2n) is 8.49. The van der Waals surface area contributed by atoms with Crippen molar-refractivity contribution in [3.63, 3.8) is 0 Å². The number of carbonyl (C=O) groups excluding carboxylic acids is 1. The highest BCUT2D eigenvalue weighted by Crippen LogP contribution is 2.34. The molecule has 12 heteroatoms. The van der Waals surface area contributed by atoms with E-state index in [0.29, 0.717) is 22.5 Å². The molecular formula is C27H23Cl2N3O5S2. The first-order valence-corrected chi connectivity index (χ1v) is 15.5. The van der Waals surface area contributed by atoms with Gasteiger partial charge in [0.25, 0.3) is 15.9 Å². The number of hydrogen-bond acceptors (Lipinski definition) is 5. The molecule has 0 atom stereocenters. The molecule has 0 heterocycles. The number of amides is 1. The van der Waals surface area contributed by atoms with E-state index in [1.807, 2.05) is 0 Å². The minimum absolute atomic E-state index is 0.0201. The molecule has 0 fully saturated rings. The van der Waals surface area contributed by atoms with Crippen molar-refractivity contribution in [3.8, 4) is 0 Å². The van der Waals surface area contributed by atoms with Crippen molar-refractivity contribution >= 4 is 66.2 Å². The van der Waals surface area contributed by atoms with Crippen LogP contribution in [0.1, 0.15) is 15.9 Å². The van der Waals surface area contributed by atoms with Gasteiger partial charge in [-0.05, 0) is 66.2 Å². The molecule has 4 aromatic carbocycles. The third kappa shape index (κ3) is 7.10. The smallest absolute Gasteiger partial charge is 0.261 e. The highest BCUT2D eigenvalue weighted by Gasteiger charge is 2.22. The lowest BCUT2D eigenvalue weighted by Gasteiger charge is -2.24. The monoisotopic (exact) mass is 603 g/mol. The van der Waals surface area contributed by atoms with Gasteiger partial charge in [0.1, 0.15) is 0 Å². The first-order chi connectivity index (χ1) is 18.4. The van der Waals surface area contributed by atoms with E-state index >= 15 is 0 Å². The fraction of sp³-hybridized carbons (Fsp3) is 0.0741. The summed E-state index contributed by atoms with van der Waals surface area (Å²) in [5, 5.41) is 3.07. The molecule has 0 aliphatic heterocycles. The van der Waals surface area contributed by atoms with Crippen molar-refractivity contribution in [1.82, 2.24) is 0 Å². The van der Waals surface area contributed by atoms with Gasteiger partial charge >= 0.3 is 0 Å². The van der Waals surface area contributed by atoms with Crippen molar-refractivity contribution in [2.45, 2.75) is 11.4 Å². The van der Waals surface area contributed by atoms with E-state index in [9.17, 15) is 21.6 Å². The fourth-order valence-electron chi connectivity index (χ4n) is 3.63. The van der Waals surface area contributed by atoms with E-state index in [4.69, 9.17) is 23.2 Å². The Morgan fingerprint density at radius 1 is 0.769 bits per heavy atom. The van der Waals surface area contributed by atoms with Crippen LogP contribution in [-0.2, 0) is 26.6 Å². The van der Waals surface area contributed by atoms with Crippen molar-refractivity contribution in [1.29, 1.82) is 0 Å². The van der Waals surface area contributed by atoms with Crippen LogP contribution in [0.4, 0.5) is 17.1 Å². The summed E-state index contributed by atoms with van der Waals surface area (Å²) < 4.78 is 53.8. The average molecular weight is 605 g/mol. The van der Waals surface area contributed by atoms with E-state index in [-0.39, 0.29) is 27.2 Å². The zero-order valence-electron chi connectivity index (χ0n) is 20.5. The van der Waals surface area contributed by atoms with Crippen LogP contribution < -0.4 is 14.3 Å². The molecule has 8 nitrogen and oxygen atoms in total. The SMILES string of the molecule is CS(=O)(=O)N(Cc1ccc(C(=O)Nc2ccc(S(=O)(=O)Nc3ccccc3)cc2)cc1)c1cccc(Cl)c1Cl. The van der Waals surface area contributed by atoms with Gasteiger partial charge < -0.3 is 5.32 Å². The van der Waals surface area contributed by atoms with Crippen molar-refractivity contribution in [3.05, 3.63) is 118 Å². The number of nitrogens with one attached hydrogen (secondary N) is 2. The van der Waals surface area contributed by atoms with Crippen LogP contribution >= 0.6 is 23.2 Å². The molecule has 0 saturated carbocycles. The Bertz CT molecular complexity index is 1700. The molecule has 0 radical (unpaired) electrons. The average Bonchev–Trinajstić information content (AvgIpc) is 2.89. The van der Waals surface area contributed by atoms with Gasteiger partial charge in [-0.15, -0.1) is 0 Å². The third-order valence-corrected chi connectivity index (χ3v) is 8.92. The molecule has 0 bridgehead atoms. The van der Waals surface area contributed by atoms with E-state index in [1.165, 1.54) is 24.3 Å². The molecule has 0 aliphatic rings. The summed E-state index contributed by atoms with van der Waals surface area (Å²) in [4.78, 5) is 12.8. The highest BCUT2D eigenvalue weighted by atomic mass is 35.5. The van der Waals surface area contributed by atoms with Gasteiger partial charge in [0.05, 0.1) is 33.4 Å². The number of rotatable bonds is 9. The number of benzene rings is 4. The molecular weight excluding hydrogens is 581 g/mol. The maximum Gasteiger partial charge on any atom is 0.261 e. The van der Waals surface area contributed by atoms with Gasteiger partial charge in [0.15, 0.2) is 0 Å². The number of hydrogen-bond donors (Lipinski definition) is 2. The Morgan fingerprint density at radius 2 is 1.41 bits per heavy atom. The number of nitrogens with zero attached hydrogens (tertiary/aromatic N) is 1. The molecule has 0 unspecified atom stereocenters. The van der Waals surface area contributed by atoms with Gasteiger partial charge in [-0.1, -0.05) is 59.6 Å². The first-order valence-electron chi connectivity index (χ1n) is 11.4. The summed E-state index contributed by atoms with van der Waals surface area (Å²) in [6, 6.07) is 25.4. The summed E-state index contributed by atoms with van der Waals surface area (Å²) >= 11 is 12.3. The Balaban J connectivity index is 1.44. The lowest BCUT2D eigenvalue weighted by atomic mass is 10.1. The Labute approximate surface area is 237 Å². The van der Waals surface area contributed by atoms with Crippen LogP contribution in [0.5, 0.6) is 0 Å². The topological polar surface area (TPSA) is 113 Å². The number of carbonyl (C=O) groups is 1. The molecule has 202 valence electrons. The Hall–Kier alpha value is -3.57. The molecule has 2 N–H and O–H groups in total. The molecule has 1 amide bonds. The number of sulfonamides is 2. The van der Waals surface area contributed by atoms with Gasteiger partial charge in [0, 0.05) is 16.9 Å². The number of para-hydroxylation sites is 1.